The van der Waals surface area contributed by atoms with Gasteiger partial charge < -0.3 is 14.6 Å². The molecule has 1 saturated carbocycles. The molecule has 0 saturated heterocycles. The van der Waals surface area contributed by atoms with Crippen molar-refractivity contribution in [2.75, 3.05) is 13.2 Å². The summed E-state index contributed by atoms with van der Waals surface area (Å²) >= 11 is 0. The summed E-state index contributed by atoms with van der Waals surface area (Å²) in [5, 5.41) is 11.6. The normalized spacial score (nSPS) is 20.3. The van der Waals surface area contributed by atoms with Gasteiger partial charge in [-0.2, -0.15) is 0 Å². The lowest BCUT2D eigenvalue weighted by atomic mass is 10.4. The zero-order valence-corrected chi connectivity index (χ0v) is 8.78. The maximum absolute atomic E-state index is 5.62. The Morgan fingerprint density at radius 2 is 2.33 bits per heavy atom. The van der Waals surface area contributed by atoms with Crippen molar-refractivity contribution in [1.29, 1.82) is 0 Å². The van der Waals surface area contributed by atoms with E-state index in [1.54, 1.807) is 0 Å². The Morgan fingerprint density at radius 1 is 1.40 bits per heavy atom. The predicted molar refractivity (Wildman–Crippen MR) is 54.1 cm³/mol. The molecule has 1 N–H and O–H groups in total. The summed E-state index contributed by atoms with van der Waals surface area (Å²) in [6.45, 7) is 4.30. The molecule has 1 aliphatic carbocycles. The lowest BCUT2D eigenvalue weighted by Gasteiger charge is -2.15. The van der Waals surface area contributed by atoms with Gasteiger partial charge in [0.25, 0.3) is 0 Å². The first-order valence-electron chi connectivity index (χ1n) is 5.63. The van der Waals surface area contributed by atoms with Gasteiger partial charge in [0.15, 0.2) is 5.82 Å². The first kappa shape index (κ1) is 9.30. The van der Waals surface area contributed by atoms with Crippen LogP contribution in [0.2, 0.25) is 0 Å². The number of fused-ring (bicyclic) bond motifs is 1. The largest absolute Gasteiger partial charge is 0.373 e. The van der Waals surface area contributed by atoms with Crippen LogP contribution in [0.1, 0.15) is 24.5 Å². The van der Waals surface area contributed by atoms with E-state index in [0.29, 0.717) is 6.61 Å². The SMILES string of the molecule is C1Cn2c(nnc2COCC2CC2)CN1. The molecule has 0 bridgehead atoms. The van der Waals surface area contributed by atoms with Crippen molar-refractivity contribution in [3.8, 4) is 0 Å². The number of ether oxygens (including phenoxy) is 1. The lowest BCUT2D eigenvalue weighted by Crippen LogP contribution is -2.29. The molecule has 82 valence electrons. The van der Waals surface area contributed by atoms with E-state index in [1.807, 2.05) is 0 Å². The molecule has 5 nitrogen and oxygen atoms in total. The molecule has 0 aromatic carbocycles. The fourth-order valence-corrected chi connectivity index (χ4v) is 1.86. The van der Waals surface area contributed by atoms with Gasteiger partial charge in [-0.25, -0.2) is 0 Å². The molecular weight excluding hydrogens is 192 g/mol. The molecule has 1 fully saturated rings. The second kappa shape index (κ2) is 3.90. The van der Waals surface area contributed by atoms with Crippen LogP contribution in [-0.4, -0.2) is 27.9 Å². The van der Waals surface area contributed by atoms with Gasteiger partial charge in [-0.1, -0.05) is 0 Å². The van der Waals surface area contributed by atoms with E-state index in [4.69, 9.17) is 4.74 Å². The summed E-state index contributed by atoms with van der Waals surface area (Å²) in [5.74, 6) is 2.83. The van der Waals surface area contributed by atoms with E-state index in [0.717, 1.165) is 43.8 Å². The Morgan fingerprint density at radius 3 is 3.20 bits per heavy atom. The standard InChI is InChI=1S/C10H16N4O/c1-2-8(1)6-15-7-10-13-12-9-5-11-3-4-14(9)10/h8,11H,1-7H2. The molecule has 0 amide bonds. The van der Waals surface area contributed by atoms with E-state index in [2.05, 4.69) is 20.1 Å². The third kappa shape index (κ3) is 2.03. The summed E-state index contributed by atoms with van der Waals surface area (Å²) in [7, 11) is 0. The average Bonchev–Trinajstić information content (AvgIpc) is 3.00. The highest BCUT2D eigenvalue weighted by Gasteiger charge is 2.22. The molecule has 2 heterocycles. The number of nitrogens with zero attached hydrogens (tertiary/aromatic N) is 3. The van der Waals surface area contributed by atoms with Crippen LogP contribution in [0.15, 0.2) is 0 Å². The van der Waals surface area contributed by atoms with Crippen LogP contribution < -0.4 is 5.32 Å². The Balaban J connectivity index is 1.60. The minimum absolute atomic E-state index is 0.615. The van der Waals surface area contributed by atoms with Crippen molar-refractivity contribution in [2.45, 2.75) is 32.5 Å². The maximum Gasteiger partial charge on any atom is 0.159 e. The Labute approximate surface area is 88.8 Å². The van der Waals surface area contributed by atoms with Gasteiger partial charge >= 0.3 is 0 Å². The van der Waals surface area contributed by atoms with Crippen LogP contribution >= 0.6 is 0 Å². The number of nitrogens with one attached hydrogen (secondary N) is 1. The highest BCUT2D eigenvalue weighted by Crippen LogP contribution is 2.29. The van der Waals surface area contributed by atoms with Crippen LogP contribution in [0.25, 0.3) is 0 Å². The molecule has 3 rings (SSSR count). The molecule has 2 aliphatic rings. The van der Waals surface area contributed by atoms with Crippen LogP contribution in [0.5, 0.6) is 0 Å². The van der Waals surface area contributed by atoms with Crippen LogP contribution in [-0.2, 0) is 24.4 Å². The molecule has 1 aliphatic heterocycles. The van der Waals surface area contributed by atoms with Crippen molar-refractivity contribution in [1.82, 2.24) is 20.1 Å². The van der Waals surface area contributed by atoms with E-state index >= 15 is 0 Å². The molecule has 0 spiro atoms. The molecule has 15 heavy (non-hydrogen) atoms. The molecule has 0 unspecified atom stereocenters. The number of rotatable bonds is 4. The number of hydrogen-bond donors (Lipinski definition) is 1. The van der Waals surface area contributed by atoms with Crippen LogP contribution in [0.3, 0.4) is 0 Å². The summed E-state index contributed by atoms with van der Waals surface area (Å²) in [5.41, 5.74) is 0. The minimum atomic E-state index is 0.615. The maximum atomic E-state index is 5.62. The molecular formula is C10H16N4O. The van der Waals surface area contributed by atoms with Gasteiger partial charge in [0.2, 0.25) is 0 Å². The zero-order valence-electron chi connectivity index (χ0n) is 8.78. The molecule has 0 atom stereocenters. The summed E-state index contributed by atoms with van der Waals surface area (Å²) < 4.78 is 7.79. The first-order valence-corrected chi connectivity index (χ1v) is 5.63. The third-order valence-electron chi connectivity index (χ3n) is 2.98. The van der Waals surface area contributed by atoms with Gasteiger partial charge in [0, 0.05) is 19.7 Å². The Kier molecular flexibility index (Phi) is 2.42. The third-order valence-corrected chi connectivity index (χ3v) is 2.98. The molecule has 1 aromatic heterocycles. The van der Waals surface area contributed by atoms with E-state index in [1.165, 1.54) is 12.8 Å². The van der Waals surface area contributed by atoms with E-state index in [-0.39, 0.29) is 0 Å². The van der Waals surface area contributed by atoms with E-state index in [9.17, 15) is 0 Å². The predicted octanol–water partition coefficient (Wildman–Crippen LogP) is 0.308. The quantitative estimate of drug-likeness (QED) is 0.773. The highest BCUT2D eigenvalue weighted by atomic mass is 16.5. The Hall–Kier alpha value is -0.940. The summed E-state index contributed by atoms with van der Waals surface area (Å²) in [6.07, 6.45) is 2.67. The van der Waals surface area contributed by atoms with Crippen molar-refractivity contribution < 1.29 is 4.74 Å². The lowest BCUT2D eigenvalue weighted by molar-refractivity contribution is 0.103. The monoisotopic (exact) mass is 208 g/mol. The van der Waals surface area contributed by atoms with Gasteiger partial charge in [-0.05, 0) is 18.8 Å². The van der Waals surface area contributed by atoms with Crippen molar-refractivity contribution in [3.63, 3.8) is 0 Å². The average molecular weight is 208 g/mol. The van der Waals surface area contributed by atoms with Crippen LogP contribution in [0.4, 0.5) is 0 Å². The number of aromatic nitrogens is 3. The summed E-state index contributed by atoms with van der Waals surface area (Å²) in [6, 6.07) is 0. The zero-order chi connectivity index (χ0) is 10.1. The molecule has 0 radical (unpaired) electrons. The van der Waals surface area contributed by atoms with Gasteiger partial charge in [0.1, 0.15) is 12.4 Å². The molecule has 1 aromatic rings. The van der Waals surface area contributed by atoms with Gasteiger partial charge in [0.05, 0.1) is 6.54 Å². The van der Waals surface area contributed by atoms with Crippen LogP contribution in [0, 0.1) is 5.92 Å². The number of hydrogen-bond acceptors (Lipinski definition) is 4. The fourth-order valence-electron chi connectivity index (χ4n) is 1.86. The Bertz CT molecular complexity index is 345. The van der Waals surface area contributed by atoms with Crippen molar-refractivity contribution >= 4 is 0 Å². The smallest absolute Gasteiger partial charge is 0.159 e. The second-order valence-electron chi connectivity index (χ2n) is 4.32. The van der Waals surface area contributed by atoms with Gasteiger partial charge in [-0.3, -0.25) is 0 Å². The minimum Gasteiger partial charge on any atom is -0.373 e. The van der Waals surface area contributed by atoms with Crippen molar-refractivity contribution in [3.05, 3.63) is 11.6 Å². The van der Waals surface area contributed by atoms with E-state index < -0.39 is 0 Å². The van der Waals surface area contributed by atoms with Gasteiger partial charge in [-0.15, -0.1) is 10.2 Å². The second-order valence-corrected chi connectivity index (χ2v) is 4.32. The first-order chi connectivity index (χ1) is 7.43. The summed E-state index contributed by atoms with van der Waals surface area (Å²) in [4.78, 5) is 0. The fraction of sp³-hybridized carbons (Fsp3) is 0.800. The highest BCUT2D eigenvalue weighted by molar-refractivity contribution is 4.97. The van der Waals surface area contributed by atoms with Crippen molar-refractivity contribution in [2.24, 2.45) is 5.92 Å². The topological polar surface area (TPSA) is 52.0 Å². The molecule has 5 heteroatoms.